The van der Waals surface area contributed by atoms with Crippen LogP contribution in [0.4, 0.5) is 0 Å². The van der Waals surface area contributed by atoms with Crippen LogP contribution in [0.5, 0.6) is 0 Å². The number of rotatable bonds is 41. The Labute approximate surface area is 744 Å². The van der Waals surface area contributed by atoms with E-state index in [0.717, 1.165) is 118 Å². The van der Waals surface area contributed by atoms with Gasteiger partial charge < -0.3 is 48.1 Å². The van der Waals surface area contributed by atoms with E-state index in [-0.39, 0.29) is 151 Å². The molecule has 0 saturated heterocycles. The predicted molar refractivity (Wildman–Crippen MR) is 478 cm³/mol. The number of benzene rings is 1. The van der Waals surface area contributed by atoms with Gasteiger partial charge in [-0.15, -0.1) is 0 Å². The lowest BCUT2D eigenvalue weighted by atomic mass is 9.79. The largest absolute Gasteiger partial charge is 0.463 e. The lowest BCUT2D eigenvalue weighted by molar-refractivity contribution is -0.142. The summed E-state index contributed by atoms with van der Waals surface area (Å²) in [6.07, 6.45) is 18.6. The van der Waals surface area contributed by atoms with Gasteiger partial charge in [0.1, 0.15) is 24.4 Å². The molecule has 700 valence electrons. The predicted octanol–water partition coefficient (Wildman–Crippen LogP) is 12.1. The van der Waals surface area contributed by atoms with Crippen LogP contribution >= 0.6 is 0 Å². The number of hydrogen-bond donors (Lipinski definition) is 1. The molecule has 0 spiro atoms. The van der Waals surface area contributed by atoms with Crippen molar-refractivity contribution >= 4 is 139 Å². The van der Waals surface area contributed by atoms with Gasteiger partial charge in [-0.3, -0.25) is 62.3 Å². The third-order valence-corrected chi connectivity index (χ3v) is 20.0. The van der Waals surface area contributed by atoms with Gasteiger partial charge >= 0.3 is 47.8 Å². The van der Waals surface area contributed by atoms with Crippen molar-refractivity contribution in [1.82, 2.24) is 10.2 Å². The smallest absolute Gasteiger partial charge is 0.342 e. The quantitative estimate of drug-likeness (QED) is 0.0121. The molecule has 3 rings (SSSR count). The first kappa shape index (κ1) is 121. The van der Waals surface area contributed by atoms with Gasteiger partial charge in [0, 0.05) is 75.5 Å². The Balaban J connectivity index is -0.000000689. The number of hydrogen-bond acceptors (Lipinski definition) is 30. The Hall–Kier alpha value is -11.2. The van der Waals surface area contributed by atoms with Crippen LogP contribution in [0.3, 0.4) is 0 Å². The highest BCUT2D eigenvalue weighted by atomic mass is 28.3. The van der Waals surface area contributed by atoms with Gasteiger partial charge in [-0.05, 0) is 181 Å². The maximum Gasteiger partial charge on any atom is 0.342 e. The first-order valence-corrected chi connectivity index (χ1v) is 49.2. The molecule has 0 unspecified atom stereocenters. The third kappa shape index (κ3) is 61.2. The number of esters is 8. The van der Waals surface area contributed by atoms with Gasteiger partial charge in [0.15, 0.2) is 69.4 Å². The molecule has 126 heavy (non-hydrogen) atoms. The fraction of sp³-hybridized carbons (Fsp3) is 0.538. The van der Waals surface area contributed by atoms with E-state index in [1.54, 1.807) is 34.6 Å². The van der Waals surface area contributed by atoms with Crippen LogP contribution in [0.1, 0.15) is 194 Å². The minimum atomic E-state index is -1.44. The maximum absolute atomic E-state index is 12.3. The van der Waals surface area contributed by atoms with Gasteiger partial charge in [-0.25, -0.2) is 38.4 Å². The molecule has 2 saturated carbocycles. The highest BCUT2D eigenvalue weighted by Gasteiger charge is 2.31. The molecule has 1 amide bonds. The number of allylic oxidation sites excluding steroid dienone is 7. The molecule has 1 N–H and O–H groups in total. The second-order valence-corrected chi connectivity index (χ2v) is 42.8. The summed E-state index contributed by atoms with van der Waals surface area (Å²) in [5, 5.41) is 2.68. The summed E-state index contributed by atoms with van der Waals surface area (Å²) in [5.41, 5.74) is 1.08. The first-order valence-electron chi connectivity index (χ1n) is 41.7. The van der Waals surface area contributed by atoms with Crippen molar-refractivity contribution in [3.05, 3.63) is 129 Å². The molecule has 31 nitrogen and oxygen atoms in total. The van der Waals surface area contributed by atoms with E-state index >= 15 is 0 Å². The monoisotopic (exact) mass is 1800 g/mol. The number of ether oxygens (including phenoxy) is 8. The van der Waals surface area contributed by atoms with E-state index in [1.165, 1.54) is 62.3 Å². The summed E-state index contributed by atoms with van der Waals surface area (Å²) in [5.74, 6) is -10.1. The average molecular weight is 1800 g/mol. The van der Waals surface area contributed by atoms with E-state index in [1.807, 2.05) is 69.3 Å². The number of carbonyl (C=O) groups is 21. The Morgan fingerprint density at radius 2 is 0.730 bits per heavy atom. The van der Waals surface area contributed by atoms with Crippen molar-refractivity contribution in [2.75, 3.05) is 73.1 Å². The molecule has 2 fully saturated rings. The molecule has 0 radical (unpaired) electrons. The zero-order valence-electron chi connectivity index (χ0n) is 78.6. The molecule has 2 aliphatic rings. The molecular weight excluding hydrogens is 1670 g/mol. The van der Waals surface area contributed by atoms with E-state index in [2.05, 4.69) is 65.7 Å². The summed E-state index contributed by atoms with van der Waals surface area (Å²) in [6.45, 7) is 40.6. The highest BCUT2D eigenvalue weighted by Crippen LogP contribution is 2.31. The van der Waals surface area contributed by atoms with Gasteiger partial charge in [-0.1, -0.05) is 120 Å². The summed E-state index contributed by atoms with van der Waals surface area (Å²) < 4.78 is 38.3. The Kier molecular flexibility index (Phi) is 64.6. The van der Waals surface area contributed by atoms with E-state index in [0.29, 0.717) is 25.1 Å². The zero-order valence-corrected chi connectivity index (χ0v) is 80.6. The molecule has 1 aromatic carbocycles. The molecule has 33 heteroatoms. The van der Waals surface area contributed by atoms with Crippen molar-refractivity contribution in [2.45, 2.75) is 240 Å². The molecule has 0 heterocycles. The van der Waals surface area contributed by atoms with E-state index in [9.17, 15) is 101 Å². The van der Waals surface area contributed by atoms with Gasteiger partial charge in [0.05, 0.1) is 75.6 Å². The first-order chi connectivity index (χ1) is 58.6. The molecule has 0 aromatic heterocycles. The third-order valence-electron chi connectivity index (χ3n) is 17.1. The lowest BCUT2D eigenvalue weighted by Gasteiger charge is -2.25. The summed E-state index contributed by atoms with van der Waals surface area (Å²) in [6, 6.07) is 9.95. The minimum Gasteiger partial charge on any atom is -0.463 e. The van der Waals surface area contributed by atoms with Crippen LogP contribution in [0.2, 0.25) is 45.3 Å². The number of Topliss-reactive ketones (excluding diaryl/α,β-unsaturated/α-hetero) is 11. The number of nitrogens with zero attached hydrogens (tertiary/aromatic N) is 1. The maximum atomic E-state index is 12.3. The molecule has 2 aliphatic carbocycles. The topological polar surface area (TPSA) is 448 Å². The minimum absolute atomic E-state index is 0.00894. The fourth-order valence-corrected chi connectivity index (χ4v) is 11.8. The van der Waals surface area contributed by atoms with Crippen LogP contribution in [-0.2, 0) is 145 Å². The number of amides is 1. The Morgan fingerprint density at radius 3 is 1.06 bits per heavy atom. The Morgan fingerprint density at radius 1 is 0.389 bits per heavy atom. The van der Waals surface area contributed by atoms with Gasteiger partial charge in [0.25, 0.3) is 5.91 Å². The molecule has 1 aromatic rings. The van der Waals surface area contributed by atoms with Crippen molar-refractivity contribution in [3.63, 3.8) is 0 Å². The lowest BCUT2D eigenvalue weighted by Crippen LogP contribution is -2.41. The van der Waals surface area contributed by atoms with Gasteiger partial charge in [0.2, 0.25) is 0 Å². The standard InChI is InChI=1S/C15H22O4.C14H14O4.C14H20O4.C13H22O5Si.C13H18O3.C12H19NO5.C12H21NO4Si/c1-4-19-14(17)9-13(11(3)16)15(18)12-7-5-10(2)6-8-12;1-10(15)13(11(2)16)8-14(17)18-9-12-6-4-3-5-7-12;1-3-18-13(16)9-12(10(2)15)14(17)11-7-5-4-6-8-11;1-6-17-12(15)9-11(10(2)14)13(16)18-7-8-19(3,4)5;1-9(2)6-5-7-13(16)12(11(4)15)8-10(3)14;1-5-17-11(15)8-10(9(2)14)12(16)18-7-6-13(3)4;1-6-17-11(15)7-10(9(2)14)12(16)13-8-18(3,4)5/h9-10,12H,4-8H2,1-3H3;3-8H,9H2,1-2H3;9,11H,3-8H2,1-2H3;9H,6-8H2,1-5H3;6,8H,5,7H2,1-4H3;8H,5-7H2,1-4H3;7H,6,8H2,1-5H3,(H,13,16)/b13-9+;;12-9+;11-9-;12-8+;10-8-;10-7+. The van der Waals surface area contributed by atoms with Crippen molar-refractivity contribution in [3.8, 4) is 0 Å². The molecular formula is C93H136N2O29Si2. The molecule has 0 aliphatic heterocycles. The van der Waals surface area contributed by atoms with E-state index < -0.39 is 98.7 Å². The van der Waals surface area contributed by atoms with Crippen molar-refractivity contribution in [1.29, 1.82) is 0 Å². The highest BCUT2D eigenvalue weighted by molar-refractivity contribution is 6.76. The fourth-order valence-electron chi connectivity index (χ4n) is 10.4. The van der Waals surface area contributed by atoms with Crippen LogP contribution in [0.15, 0.2) is 124 Å². The molecule has 0 atom stereocenters. The second-order valence-electron chi connectivity index (χ2n) is 31.7. The zero-order chi connectivity index (χ0) is 97.7. The average Bonchev–Trinajstić information content (AvgIpc) is 0.877. The number of ketones is 12. The number of nitrogens with one attached hydrogen (secondary N) is 1. The Bertz CT molecular complexity index is 4150. The number of carbonyl (C=O) groups excluding carboxylic acids is 21. The summed E-state index contributed by atoms with van der Waals surface area (Å²) >= 11 is 0. The number of likely N-dealkylation sites (N-methyl/N-ethyl adjacent to an activating group) is 1. The van der Waals surface area contributed by atoms with Crippen molar-refractivity contribution in [2.24, 2.45) is 17.8 Å². The SMILES string of the molecule is CC(=O)/C=C(\C(C)=O)C(=O)CCC=C(C)C.CC(=O)C(=CC(=O)OCc1ccccc1)C(C)=O.CCOC(=O)/C=C(/C(C)=O)C(=O)OCCN(C)C.CCOC(=O)/C=C(/C(C)=O)C(=O)OCC[Si](C)(C)C.CCOC(=O)/C=C(\C(C)=O)C(=O)C1CCC(C)CC1.CCOC(=O)/C=C(\C(C)=O)C(=O)C1CCCCC1.CCOC(=O)/C=C(\C(C)=O)C(=O)NC[Si](C)(C)C. The van der Waals surface area contributed by atoms with Crippen LogP contribution in [0.25, 0.3) is 0 Å². The van der Waals surface area contributed by atoms with Crippen LogP contribution < -0.4 is 5.32 Å². The molecule has 0 bridgehead atoms. The second kappa shape index (κ2) is 67.2. The van der Waals surface area contributed by atoms with E-state index in [4.69, 9.17) is 23.7 Å². The normalized spacial score (nSPS) is 13.9. The van der Waals surface area contributed by atoms with Crippen LogP contribution in [0, 0.1) is 17.8 Å². The summed E-state index contributed by atoms with van der Waals surface area (Å²) in [4.78, 5) is 242. The van der Waals surface area contributed by atoms with Crippen molar-refractivity contribution < 1.29 is 139 Å². The summed E-state index contributed by atoms with van der Waals surface area (Å²) in [7, 11) is 0.909. The van der Waals surface area contributed by atoms with Crippen LogP contribution in [-0.4, -0.2) is 217 Å². The van der Waals surface area contributed by atoms with Gasteiger partial charge in [-0.2, -0.15) is 0 Å².